The van der Waals surface area contributed by atoms with E-state index in [0.717, 1.165) is 0 Å². The molecule has 0 N–H and O–H groups in total. The lowest BCUT2D eigenvalue weighted by Crippen LogP contribution is -2.46. The summed E-state index contributed by atoms with van der Waals surface area (Å²) in [7, 11) is 3.06. The number of anilines is 1. The Bertz CT molecular complexity index is 786. The molecular formula is C16H18N4O4. The fraction of sp³-hybridized carbons (Fsp3) is 0.375. The highest BCUT2D eigenvalue weighted by atomic mass is 16.5. The average molecular weight is 330 g/mol. The number of carbonyl (C=O) groups excluding carboxylic acids is 2. The van der Waals surface area contributed by atoms with Gasteiger partial charge in [-0.25, -0.2) is 4.98 Å². The number of methoxy groups -OCH3 is 1. The molecule has 1 amide bonds. The summed E-state index contributed by atoms with van der Waals surface area (Å²) in [4.78, 5) is 30.3. The minimum absolute atomic E-state index is 0.141. The number of nitrogens with zero attached hydrogens (tertiary/aromatic N) is 4. The molecule has 0 bridgehead atoms. The molecule has 0 fully saturated rings. The molecule has 1 aromatic heterocycles. The van der Waals surface area contributed by atoms with Crippen LogP contribution < -0.4 is 9.64 Å². The van der Waals surface area contributed by atoms with Crippen molar-refractivity contribution >= 4 is 17.6 Å². The molecule has 1 atom stereocenters. The molecule has 2 aromatic rings. The maximum atomic E-state index is 12.8. The molecule has 0 saturated carbocycles. The second-order valence-electron chi connectivity index (χ2n) is 5.48. The van der Waals surface area contributed by atoms with Crippen LogP contribution in [0.3, 0.4) is 0 Å². The van der Waals surface area contributed by atoms with Gasteiger partial charge in [0.25, 0.3) is 5.91 Å². The Balaban J connectivity index is 1.94. The Morgan fingerprint density at radius 3 is 2.79 bits per heavy atom. The van der Waals surface area contributed by atoms with E-state index in [1.54, 1.807) is 35.7 Å². The number of fused-ring (bicyclic) bond motifs is 1. The molecule has 1 aliphatic heterocycles. The number of benzene rings is 1. The van der Waals surface area contributed by atoms with Gasteiger partial charge >= 0.3 is 5.97 Å². The van der Waals surface area contributed by atoms with Crippen LogP contribution in [0, 0.1) is 6.92 Å². The largest absolute Gasteiger partial charge is 0.478 e. The van der Waals surface area contributed by atoms with Crippen molar-refractivity contribution in [1.29, 1.82) is 0 Å². The second kappa shape index (κ2) is 6.31. The zero-order chi connectivity index (χ0) is 17.3. The van der Waals surface area contributed by atoms with Crippen molar-refractivity contribution < 1.29 is 19.1 Å². The Hall–Kier alpha value is -2.90. The van der Waals surface area contributed by atoms with E-state index in [4.69, 9.17) is 4.74 Å². The minimum Gasteiger partial charge on any atom is -0.478 e. The number of aromatic nitrogens is 3. The van der Waals surface area contributed by atoms with Crippen LogP contribution in [0.2, 0.25) is 0 Å². The van der Waals surface area contributed by atoms with Crippen LogP contribution in [0.25, 0.3) is 0 Å². The number of amides is 1. The molecule has 2 heterocycles. The Kier molecular flexibility index (Phi) is 4.20. The Morgan fingerprint density at radius 1 is 1.38 bits per heavy atom. The van der Waals surface area contributed by atoms with Crippen molar-refractivity contribution in [3.63, 3.8) is 0 Å². The average Bonchev–Trinajstić information content (AvgIpc) is 2.88. The third-order valence-electron chi connectivity index (χ3n) is 3.81. The number of carbonyl (C=O) groups is 2. The topological polar surface area (TPSA) is 86.6 Å². The van der Waals surface area contributed by atoms with Crippen molar-refractivity contribution in [2.24, 2.45) is 7.05 Å². The predicted molar refractivity (Wildman–Crippen MR) is 84.4 cm³/mol. The fourth-order valence-corrected chi connectivity index (χ4v) is 2.64. The normalized spacial score (nSPS) is 16.5. The van der Waals surface area contributed by atoms with Crippen LogP contribution in [-0.4, -0.2) is 39.9 Å². The standard InChI is InChI=1S/C16H18N4O4/c1-10-17-14(19(2)18-10)9-20-11-6-4-5-7-12(11)24-13(16(20)22)8-15(21)23-3/h4-7,13H,8-9H2,1-3H3. The highest BCUT2D eigenvalue weighted by molar-refractivity contribution is 6.01. The van der Waals surface area contributed by atoms with Crippen LogP contribution in [0.1, 0.15) is 18.1 Å². The second-order valence-corrected chi connectivity index (χ2v) is 5.48. The SMILES string of the molecule is COC(=O)CC1Oc2ccccc2N(Cc2nc(C)nn2C)C1=O. The molecule has 1 unspecified atom stereocenters. The van der Waals surface area contributed by atoms with Crippen molar-refractivity contribution in [1.82, 2.24) is 14.8 Å². The van der Waals surface area contributed by atoms with Crippen molar-refractivity contribution in [3.05, 3.63) is 35.9 Å². The maximum absolute atomic E-state index is 12.8. The molecule has 0 saturated heterocycles. The van der Waals surface area contributed by atoms with Gasteiger partial charge in [0, 0.05) is 7.05 Å². The summed E-state index contributed by atoms with van der Waals surface area (Å²) in [5.74, 6) is 1.02. The van der Waals surface area contributed by atoms with E-state index in [-0.39, 0.29) is 18.9 Å². The van der Waals surface area contributed by atoms with E-state index in [0.29, 0.717) is 23.1 Å². The van der Waals surface area contributed by atoms with Crippen LogP contribution >= 0.6 is 0 Å². The van der Waals surface area contributed by atoms with Crippen molar-refractivity contribution in [2.75, 3.05) is 12.0 Å². The van der Waals surface area contributed by atoms with Crippen molar-refractivity contribution in [3.8, 4) is 5.75 Å². The summed E-state index contributed by atoms with van der Waals surface area (Å²) in [5, 5.41) is 4.20. The first-order chi connectivity index (χ1) is 11.5. The molecule has 126 valence electrons. The zero-order valence-corrected chi connectivity index (χ0v) is 13.7. The van der Waals surface area contributed by atoms with Crippen LogP contribution in [0.5, 0.6) is 5.75 Å². The first-order valence-corrected chi connectivity index (χ1v) is 7.50. The highest BCUT2D eigenvalue weighted by Gasteiger charge is 2.36. The predicted octanol–water partition coefficient (Wildman–Crippen LogP) is 0.981. The van der Waals surface area contributed by atoms with Gasteiger partial charge in [-0.1, -0.05) is 12.1 Å². The number of aryl methyl sites for hydroxylation is 2. The van der Waals surface area contributed by atoms with Gasteiger partial charge in [-0.15, -0.1) is 0 Å². The third kappa shape index (κ3) is 2.94. The molecule has 0 radical (unpaired) electrons. The van der Waals surface area contributed by atoms with Gasteiger partial charge in [-0.05, 0) is 19.1 Å². The smallest absolute Gasteiger partial charge is 0.309 e. The van der Waals surface area contributed by atoms with E-state index in [9.17, 15) is 9.59 Å². The summed E-state index contributed by atoms with van der Waals surface area (Å²) in [6.07, 6.45) is -1.06. The summed E-state index contributed by atoms with van der Waals surface area (Å²) < 4.78 is 12.0. The summed E-state index contributed by atoms with van der Waals surface area (Å²) in [5.41, 5.74) is 0.643. The number of hydrogen-bond acceptors (Lipinski definition) is 6. The quantitative estimate of drug-likeness (QED) is 0.777. The number of hydrogen-bond donors (Lipinski definition) is 0. The van der Waals surface area contributed by atoms with E-state index in [2.05, 4.69) is 14.8 Å². The van der Waals surface area contributed by atoms with Crippen LogP contribution in [-0.2, 0) is 27.9 Å². The Morgan fingerprint density at radius 2 is 2.12 bits per heavy atom. The molecule has 1 aromatic carbocycles. The Labute approximate surface area is 139 Å². The van der Waals surface area contributed by atoms with Gasteiger partial charge < -0.3 is 9.47 Å². The third-order valence-corrected chi connectivity index (χ3v) is 3.81. The summed E-state index contributed by atoms with van der Waals surface area (Å²) in [6.45, 7) is 2.03. The molecule has 24 heavy (non-hydrogen) atoms. The molecule has 8 nitrogen and oxygen atoms in total. The molecule has 8 heteroatoms. The van der Waals surface area contributed by atoms with Crippen LogP contribution in [0.15, 0.2) is 24.3 Å². The van der Waals surface area contributed by atoms with Gasteiger partial charge in [-0.2, -0.15) is 5.10 Å². The first-order valence-electron chi connectivity index (χ1n) is 7.50. The van der Waals surface area contributed by atoms with Gasteiger partial charge in [0.05, 0.1) is 25.8 Å². The first kappa shape index (κ1) is 16.0. The monoisotopic (exact) mass is 330 g/mol. The molecule has 1 aliphatic rings. The fourth-order valence-electron chi connectivity index (χ4n) is 2.64. The molecule has 0 spiro atoms. The van der Waals surface area contributed by atoms with Gasteiger partial charge in [0.15, 0.2) is 6.10 Å². The number of ether oxygens (including phenoxy) is 2. The summed E-state index contributed by atoms with van der Waals surface area (Å²) in [6, 6.07) is 7.20. The summed E-state index contributed by atoms with van der Waals surface area (Å²) >= 11 is 0. The van der Waals surface area contributed by atoms with E-state index >= 15 is 0 Å². The van der Waals surface area contributed by atoms with E-state index in [1.807, 2.05) is 12.1 Å². The number of esters is 1. The number of rotatable bonds is 4. The van der Waals surface area contributed by atoms with E-state index in [1.165, 1.54) is 7.11 Å². The van der Waals surface area contributed by atoms with Crippen molar-refractivity contribution in [2.45, 2.75) is 26.0 Å². The lowest BCUT2D eigenvalue weighted by Gasteiger charge is -2.33. The molecule has 0 aliphatic carbocycles. The van der Waals surface area contributed by atoms with Gasteiger partial charge in [0.1, 0.15) is 17.4 Å². The zero-order valence-electron chi connectivity index (χ0n) is 13.7. The lowest BCUT2D eigenvalue weighted by atomic mass is 10.1. The molecular weight excluding hydrogens is 312 g/mol. The van der Waals surface area contributed by atoms with Gasteiger partial charge in [-0.3, -0.25) is 19.2 Å². The lowest BCUT2D eigenvalue weighted by molar-refractivity contribution is -0.145. The highest BCUT2D eigenvalue weighted by Crippen LogP contribution is 2.35. The van der Waals surface area contributed by atoms with Gasteiger partial charge in [0.2, 0.25) is 0 Å². The van der Waals surface area contributed by atoms with Crippen LogP contribution in [0.4, 0.5) is 5.69 Å². The molecule has 3 rings (SSSR count). The maximum Gasteiger partial charge on any atom is 0.309 e. The van der Waals surface area contributed by atoms with E-state index < -0.39 is 12.1 Å². The minimum atomic E-state index is -0.915. The number of para-hydroxylation sites is 2.